The average Bonchev–Trinajstić information content (AvgIpc) is 1.88. The number of likely N-dealkylation sites (tertiary alicyclic amines) is 1. The van der Waals surface area contributed by atoms with E-state index in [-0.39, 0.29) is 0 Å². The van der Waals surface area contributed by atoms with Crippen LogP contribution in [0, 0.1) is 11.8 Å². The van der Waals surface area contributed by atoms with E-state index in [1.807, 2.05) is 0 Å². The molecule has 0 radical (unpaired) electrons. The van der Waals surface area contributed by atoms with Crippen LogP contribution in [0.1, 0.15) is 25.7 Å². The van der Waals surface area contributed by atoms with Crippen molar-refractivity contribution >= 4 is 5.97 Å². The normalized spacial score (nSPS) is 25.2. The number of carboxylic acids is 1. The molecule has 74 valence electrons. The molecule has 3 nitrogen and oxygen atoms in total. The summed E-state index contributed by atoms with van der Waals surface area (Å²) in [7, 11) is 0. The third-order valence-electron chi connectivity index (χ3n) is 3.24. The van der Waals surface area contributed by atoms with Crippen LogP contribution in [0.4, 0.5) is 0 Å². The summed E-state index contributed by atoms with van der Waals surface area (Å²) in [6, 6.07) is 0. The van der Waals surface area contributed by atoms with Crippen LogP contribution < -0.4 is 0 Å². The van der Waals surface area contributed by atoms with Crippen molar-refractivity contribution in [1.29, 1.82) is 0 Å². The van der Waals surface area contributed by atoms with E-state index in [9.17, 15) is 4.79 Å². The van der Waals surface area contributed by atoms with Gasteiger partial charge < -0.3 is 10.0 Å². The number of carbonyl (C=O) groups is 1. The van der Waals surface area contributed by atoms with Gasteiger partial charge in [0, 0.05) is 19.6 Å². The zero-order chi connectivity index (χ0) is 9.26. The number of rotatable bonds is 4. The number of nitrogens with zero attached hydrogens (tertiary/aromatic N) is 1. The largest absolute Gasteiger partial charge is 0.481 e. The Morgan fingerprint density at radius 3 is 2.46 bits per heavy atom. The van der Waals surface area contributed by atoms with Gasteiger partial charge in [0.05, 0.1) is 6.42 Å². The maximum absolute atomic E-state index is 10.4. The fourth-order valence-corrected chi connectivity index (χ4v) is 2.24. The molecule has 0 spiro atoms. The van der Waals surface area contributed by atoms with E-state index in [0.29, 0.717) is 12.3 Å². The lowest BCUT2D eigenvalue weighted by molar-refractivity contribution is -0.139. The molecular formula is C10H17NO2. The Labute approximate surface area is 78.7 Å². The fourth-order valence-electron chi connectivity index (χ4n) is 2.24. The second-order valence-corrected chi connectivity index (χ2v) is 4.48. The molecule has 0 atom stereocenters. The minimum atomic E-state index is -0.645. The summed E-state index contributed by atoms with van der Waals surface area (Å²) < 4.78 is 0. The number of carboxylic acid groups (broad SMARTS) is 1. The maximum Gasteiger partial charge on any atom is 0.303 e. The molecule has 3 heteroatoms. The molecule has 0 aromatic rings. The Hall–Kier alpha value is -0.570. The fraction of sp³-hybridized carbons (Fsp3) is 0.900. The summed E-state index contributed by atoms with van der Waals surface area (Å²) in [5, 5.41) is 8.56. The van der Waals surface area contributed by atoms with E-state index in [0.717, 1.165) is 19.0 Å². The van der Waals surface area contributed by atoms with Crippen LogP contribution in [-0.4, -0.2) is 35.6 Å². The van der Waals surface area contributed by atoms with E-state index >= 15 is 0 Å². The number of hydrogen-bond donors (Lipinski definition) is 1. The first-order valence-electron chi connectivity index (χ1n) is 5.18. The van der Waals surface area contributed by atoms with Gasteiger partial charge in [-0.3, -0.25) is 4.79 Å². The monoisotopic (exact) mass is 183 g/mol. The highest BCUT2D eigenvalue weighted by Crippen LogP contribution is 2.30. The van der Waals surface area contributed by atoms with Crippen LogP contribution in [0.2, 0.25) is 0 Å². The molecule has 2 fully saturated rings. The van der Waals surface area contributed by atoms with Gasteiger partial charge in [-0.05, 0) is 24.7 Å². The maximum atomic E-state index is 10.4. The van der Waals surface area contributed by atoms with Crippen LogP contribution in [0.5, 0.6) is 0 Å². The second kappa shape index (κ2) is 3.66. The molecule has 1 saturated carbocycles. The van der Waals surface area contributed by atoms with Gasteiger partial charge in [0.2, 0.25) is 0 Å². The van der Waals surface area contributed by atoms with Crippen LogP contribution in [0.3, 0.4) is 0 Å². The number of hydrogen-bond acceptors (Lipinski definition) is 2. The quantitative estimate of drug-likeness (QED) is 0.711. The van der Waals surface area contributed by atoms with Gasteiger partial charge in [-0.15, -0.1) is 0 Å². The lowest BCUT2D eigenvalue weighted by atomic mass is 9.83. The zero-order valence-corrected chi connectivity index (χ0v) is 7.91. The first kappa shape index (κ1) is 9.00. The lowest BCUT2D eigenvalue weighted by Gasteiger charge is -2.42. The molecule has 1 aliphatic heterocycles. The zero-order valence-electron chi connectivity index (χ0n) is 7.91. The van der Waals surface area contributed by atoms with Crippen molar-refractivity contribution in [3.8, 4) is 0 Å². The lowest BCUT2D eigenvalue weighted by Crippen LogP contribution is -2.49. The summed E-state index contributed by atoms with van der Waals surface area (Å²) in [6.07, 6.45) is 4.54. The molecule has 2 aliphatic rings. The van der Waals surface area contributed by atoms with Gasteiger partial charge >= 0.3 is 5.97 Å². The minimum Gasteiger partial charge on any atom is -0.481 e. The Morgan fingerprint density at radius 1 is 1.31 bits per heavy atom. The van der Waals surface area contributed by atoms with Crippen molar-refractivity contribution in [1.82, 2.24) is 4.90 Å². The topological polar surface area (TPSA) is 40.5 Å². The molecule has 0 aromatic heterocycles. The smallest absolute Gasteiger partial charge is 0.303 e. The summed E-state index contributed by atoms with van der Waals surface area (Å²) >= 11 is 0. The highest BCUT2D eigenvalue weighted by atomic mass is 16.4. The van der Waals surface area contributed by atoms with Crippen LogP contribution in [0.15, 0.2) is 0 Å². The van der Waals surface area contributed by atoms with Gasteiger partial charge in [0.15, 0.2) is 0 Å². The van der Waals surface area contributed by atoms with Crippen molar-refractivity contribution in [2.24, 2.45) is 11.8 Å². The predicted molar refractivity (Wildman–Crippen MR) is 49.5 cm³/mol. The van der Waals surface area contributed by atoms with Crippen LogP contribution in [0.25, 0.3) is 0 Å². The van der Waals surface area contributed by atoms with Crippen LogP contribution >= 0.6 is 0 Å². The van der Waals surface area contributed by atoms with E-state index in [2.05, 4.69) is 4.90 Å². The first-order chi connectivity index (χ1) is 6.24. The Balaban J connectivity index is 1.58. The molecule has 0 amide bonds. The molecule has 1 saturated heterocycles. The molecule has 0 unspecified atom stereocenters. The van der Waals surface area contributed by atoms with Crippen molar-refractivity contribution in [2.45, 2.75) is 25.7 Å². The van der Waals surface area contributed by atoms with Crippen molar-refractivity contribution in [3.63, 3.8) is 0 Å². The highest BCUT2D eigenvalue weighted by Gasteiger charge is 2.31. The summed E-state index contributed by atoms with van der Waals surface area (Å²) in [5.41, 5.74) is 0. The van der Waals surface area contributed by atoms with Gasteiger partial charge in [0.1, 0.15) is 0 Å². The molecule has 2 rings (SSSR count). The second-order valence-electron chi connectivity index (χ2n) is 4.48. The SMILES string of the molecule is O=C(O)CC1CN(CC2CCC2)C1. The summed E-state index contributed by atoms with van der Waals surface area (Å²) in [5.74, 6) is 0.705. The van der Waals surface area contributed by atoms with Crippen molar-refractivity contribution in [2.75, 3.05) is 19.6 Å². The summed E-state index contributed by atoms with van der Waals surface area (Å²) in [4.78, 5) is 12.8. The van der Waals surface area contributed by atoms with Gasteiger partial charge in [-0.2, -0.15) is 0 Å². The van der Waals surface area contributed by atoms with E-state index in [1.165, 1.54) is 25.8 Å². The molecule has 1 heterocycles. The Bertz CT molecular complexity index is 195. The molecule has 0 aromatic carbocycles. The average molecular weight is 183 g/mol. The Kier molecular flexibility index (Phi) is 2.54. The molecule has 13 heavy (non-hydrogen) atoms. The van der Waals surface area contributed by atoms with E-state index in [4.69, 9.17) is 5.11 Å². The molecule has 1 aliphatic carbocycles. The van der Waals surface area contributed by atoms with Gasteiger partial charge in [-0.1, -0.05) is 6.42 Å². The van der Waals surface area contributed by atoms with Gasteiger partial charge in [0.25, 0.3) is 0 Å². The molecule has 1 N–H and O–H groups in total. The first-order valence-corrected chi connectivity index (χ1v) is 5.18. The molecule has 0 bridgehead atoms. The van der Waals surface area contributed by atoms with Crippen molar-refractivity contribution in [3.05, 3.63) is 0 Å². The summed E-state index contributed by atoms with van der Waals surface area (Å²) in [6.45, 7) is 3.25. The molecular weight excluding hydrogens is 166 g/mol. The Morgan fingerprint density at radius 2 is 2.00 bits per heavy atom. The predicted octanol–water partition coefficient (Wildman–Crippen LogP) is 1.19. The van der Waals surface area contributed by atoms with E-state index in [1.54, 1.807) is 0 Å². The van der Waals surface area contributed by atoms with Crippen LogP contribution in [-0.2, 0) is 4.79 Å². The number of aliphatic carboxylic acids is 1. The van der Waals surface area contributed by atoms with Crippen molar-refractivity contribution < 1.29 is 9.90 Å². The van der Waals surface area contributed by atoms with Gasteiger partial charge in [-0.25, -0.2) is 0 Å². The highest BCUT2D eigenvalue weighted by molar-refractivity contribution is 5.67. The third-order valence-corrected chi connectivity index (χ3v) is 3.24. The minimum absolute atomic E-state index is 0.362. The standard InChI is InChI=1S/C10H17NO2/c12-10(13)4-9-6-11(7-9)5-8-2-1-3-8/h8-9H,1-7H2,(H,12,13). The third kappa shape index (κ3) is 2.21. The van der Waals surface area contributed by atoms with E-state index < -0.39 is 5.97 Å².